The lowest BCUT2D eigenvalue weighted by Gasteiger charge is -2.18. The molecule has 1 aromatic heterocycles. The standard InChI is InChI=1S/C15H21N3/c1-15(2,3)12-7-5-11(6-8-12)14-17-10-13(18-14)9-16-4/h5-8,10,16H,9H2,1-4H3,(H,17,18). The van der Waals surface area contributed by atoms with Gasteiger partial charge >= 0.3 is 0 Å². The lowest BCUT2D eigenvalue weighted by Crippen LogP contribution is -2.10. The largest absolute Gasteiger partial charge is 0.341 e. The minimum Gasteiger partial charge on any atom is -0.341 e. The van der Waals surface area contributed by atoms with E-state index in [-0.39, 0.29) is 5.41 Å². The molecule has 0 radical (unpaired) electrons. The van der Waals surface area contributed by atoms with Gasteiger partial charge in [0.05, 0.1) is 0 Å². The Morgan fingerprint density at radius 1 is 1.17 bits per heavy atom. The van der Waals surface area contributed by atoms with Gasteiger partial charge in [-0.25, -0.2) is 4.98 Å². The van der Waals surface area contributed by atoms with Crippen LogP contribution in [0.15, 0.2) is 30.5 Å². The van der Waals surface area contributed by atoms with Crippen molar-refractivity contribution in [1.29, 1.82) is 0 Å². The Morgan fingerprint density at radius 2 is 1.83 bits per heavy atom. The summed E-state index contributed by atoms with van der Waals surface area (Å²) < 4.78 is 0. The molecule has 2 rings (SSSR count). The summed E-state index contributed by atoms with van der Waals surface area (Å²) in [6, 6.07) is 8.61. The van der Waals surface area contributed by atoms with Crippen molar-refractivity contribution in [1.82, 2.24) is 15.3 Å². The molecule has 0 fully saturated rings. The zero-order valence-electron chi connectivity index (χ0n) is 11.5. The van der Waals surface area contributed by atoms with Gasteiger partial charge in [-0.05, 0) is 18.0 Å². The minimum absolute atomic E-state index is 0.193. The average Bonchev–Trinajstić information content (AvgIpc) is 2.77. The highest BCUT2D eigenvalue weighted by atomic mass is 14.9. The molecular formula is C15H21N3. The van der Waals surface area contributed by atoms with E-state index >= 15 is 0 Å². The molecular weight excluding hydrogens is 222 g/mol. The highest BCUT2D eigenvalue weighted by molar-refractivity contribution is 5.56. The van der Waals surface area contributed by atoms with Gasteiger partial charge in [-0.1, -0.05) is 45.0 Å². The van der Waals surface area contributed by atoms with E-state index < -0.39 is 0 Å². The smallest absolute Gasteiger partial charge is 0.137 e. The van der Waals surface area contributed by atoms with Crippen molar-refractivity contribution in [3.05, 3.63) is 41.7 Å². The molecule has 96 valence electrons. The second-order valence-electron chi connectivity index (χ2n) is 5.61. The number of benzene rings is 1. The molecule has 2 N–H and O–H groups in total. The predicted octanol–water partition coefficient (Wildman–Crippen LogP) is 3.09. The molecule has 0 saturated heterocycles. The monoisotopic (exact) mass is 243 g/mol. The number of H-pyrrole nitrogens is 1. The van der Waals surface area contributed by atoms with Gasteiger partial charge in [0.25, 0.3) is 0 Å². The number of rotatable bonds is 3. The number of hydrogen-bond donors (Lipinski definition) is 2. The Kier molecular flexibility index (Phi) is 3.53. The summed E-state index contributed by atoms with van der Waals surface area (Å²) in [4.78, 5) is 7.72. The Bertz CT molecular complexity index is 503. The van der Waals surface area contributed by atoms with E-state index in [1.54, 1.807) is 0 Å². The molecule has 3 heteroatoms. The summed E-state index contributed by atoms with van der Waals surface area (Å²) in [6.07, 6.45) is 1.88. The first-order valence-corrected chi connectivity index (χ1v) is 6.30. The fraction of sp³-hybridized carbons (Fsp3) is 0.400. The third-order valence-electron chi connectivity index (χ3n) is 3.02. The van der Waals surface area contributed by atoms with E-state index in [9.17, 15) is 0 Å². The maximum absolute atomic E-state index is 4.40. The van der Waals surface area contributed by atoms with Crippen molar-refractivity contribution in [2.45, 2.75) is 32.7 Å². The first kappa shape index (κ1) is 12.8. The molecule has 1 aromatic carbocycles. The van der Waals surface area contributed by atoms with Crippen LogP contribution in [0.4, 0.5) is 0 Å². The second kappa shape index (κ2) is 4.94. The number of hydrogen-bond acceptors (Lipinski definition) is 2. The van der Waals surface area contributed by atoms with Gasteiger partial charge in [0.2, 0.25) is 0 Å². The third kappa shape index (κ3) is 2.79. The van der Waals surface area contributed by atoms with Crippen molar-refractivity contribution < 1.29 is 0 Å². The van der Waals surface area contributed by atoms with Crippen LogP contribution in [0.3, 0.4) is 0 Å². The Morgan fingerprint density at radius 3 is 2.39 bits per heavy atom. The fourth-order valence-corrected chi connectivity index (χ4v) is 1.91. The highest BCUT2D eigenvalue weighted by Crippen LogP contribution is 2.24. The van der Waals surface area contributed by atoms with Crippen LogP contribution in [0.5, 0.6) is 0 Å². The van der Waals surface area contributed by atoms with Crippen LogP contribution in [-0.4, -0.2) is 17.0 Å². The average molecular weight is 243 g/mol. The summed E-state index contributed by atoms with van der Waals surface area (Å²) in [6.45, 7) is 7.48. The van der Waals surface area contributed by atoms with Crippen LogP contribution in [0.2, 0.25) is 0 Å². The highest BCUT2D eigenvalue weighted by Gasteiger charge is 2.13. The van der Waals surface area contributed by atoms with E-state index in [1.165, 1.54) is 5.56 Å². The molecule has 0 atom stereocenters. The maximum atomic E-state index is 4.40. The first-order valence-electron chi connectivity index (χ1n) is 6.30. The molecule has 0 aliphatic heterocycles. The molecule has 0 amide bonds. The lowest BCUT2D eigenvalue weighted by molar-refractivity contribution is 0.590. The molecule has 0 spiro atoms. The van der Waals surface area contributed by atoms with Crippen LogP contribution in [0.1, 0.15) is 32.0 Å². The third-order valence-corrected chi connectivity index (χ3v) is 3.02. The van der Waals surface area contributed by atoms with Gasteiger partial charge in [-0.3, -0.25) is 0 Å². The number of nitrogens with one attached hydrogen (secondary N) is 2. The molecule has 0 unspecified atom stereocenters. The van der Waals surface area contributed by atoms with E-state index in [1.807, 2.05) is 13.2 Å². The first-order chi connectivity index (χ1) is 8.50. The van der Waals surface area contributed by atoms with E-state index in [0.717, 1.165) is 23.6 Å². The summed E-state index contributed by atoms with van der Waals surface area (Å²) in [5, 5.41) is 3.11. The van der Waals surface area contributed by atoms with Gasteiger partial charge < -0.3 is 10.3 Å². The van der Waals surface area contributed by atoms with Crippen molar-refractivity contribution in [2.75, 3.05) is 7.05 Å². The molecule has 0 aliphatic rings. The van der Waals surface area contributed by atoms with Gasteiger partial charge in [-0.2, -0.15) is 0 Å². The molecule has 0 bridgehead atoms. The van der Waals surface area contributed by atoms with Gasteiger partial charge in [0.15, 0.2) is 0 Å². The predicted molar refractivity (Wildman–Crippen MR) is 75.5 cm³/mol. The Balaban J connectivity index is 2.23. The van der Waals surface area contributed by atoms with Crippen LogP contribution in [0.25, 0.3) is 11.4 Å². The van der Waals surface area contributed by atoms with Crippen molar-refractivity contribution in [3.8, 4) is 11.4 Å². The van der Waals surface area contributed by atoms with Crippen LogP contribution >= 0.6 is 0 Å². The van der Waals surface area contributed by atoms with Crippen molar-refractivity contribution >= 4 is 0 Å². The number of imidazole rings is 1. The van der Waals surface area contributed by atoms with Crippen LogP contribution < -0.4 is 5.32 Å². The summed E-state index contributed by atoms with van der Waals surface area (Å²) >= 11 is 0. The van der Waals surface area contributed by atoms with Crippen molar-refractivity contribution in [2.24, 2.45) is 0 Å². The molecule has 2 aromatic rings. The SMILES string of the molecule is CNCc1cnc(-c2ccc(C(C)(C)C)cc2)[nH]1. The maximum Gasteiger partial charge on any atom is 0.137 e. The molecule has 0 saturated carbocycles. The van der Waals surface area contributed by atoms with Gasteiger partial charge in [0.1, 0.15) is 5.82 Å². The van der Waals surface area contributed by atoms with E-state index in [2.05, 4.69) is 60.3 Å². The van der Waals surface area contributed by atoms with Gasteiger partial charge in [0, 0.05) is 24.0 Å². The zero-order chi connectivity index (χ0) is 13.2. The van der Waals surface area contributed by atoms with E-state index in [4.69, 9.17) is 0 Å². The fourth-order valence-electron chi connectivity index (χ4n) is 1.91. The summed E-state index contributed by atoms with van der Waals surface area (Å²) in [5.74, 6) is 0.931. The van der Waals surface area contributed by atoms with Gasteiger partial charge in [-0.15, -0.1) is 0 Å². The Labute approximate surface area is 109 Å². The topological polar surface area (TPSA) is 40.7 Å². The molecule has 3 nitrogen and oxygen atoms in total. The number of aromatic nitrogens is 2. The van der Waals surface area contributed by atoms with Crippen LogP contribution in [0, 0.1) is 0 Å². The van der Waals surface area contributed by atoms with E-state index in [0.29, 0.717) is 0 Å². The molecule has 18 heavy (non-hydrogen) atoms. The summed E-state index contributed by atoms with van der Waals surface area (Å²) in [5.41, 5.74) is 3.77. The number of aromatic amines is 1. The number of nitrogens with zero attached hydrogens (tertiary/aromatic N) is 1. The normalized spacial score (nSPS) is 11.8. The minimum atomic E-state index is 0.193. The Hall–Kier alpha value is -1.61. The van der Waals surface area contributed by atoms with Crippen LogP contribution in [-0.2, 0) is 12.0 Å². The quantitative estimate of drug-likeness (QED) is 0.869. The lowest BCUT2D eigenvalue weighted by atomic mass is 9.87. The zero-order valence-corrected chi connectivity index (χ0v) is 11.5. The molecule has 0 aliphatic carbocycles. The summed E-state index contributed by atoms with van der Waals surface area (Å²) in [7, 11) is 1.93. The molecule has 1 heterocycles. The van der Waals surface area contributed by atoms with Crippen molar-refractivity contribution in [3.63, 3.8) is 0 Å². The second-order valence-corrected chi connectivity index (χ2v) is 5.61.